The Morgan fingerprint density at radius 2 is 1.97 bits per heavy atom. The van der Waals surface area contributed by atoms with Crippen molar-refractivity contribution in [3.05, 3.63) is 81.9 Å². The topological polar surface area (TPSA) is 77.0 Å². The normalized spacial score (nSPS) is 10.9. The van der Waals surface area contributed by atoms with E-state index in [-0.39, 0.29) is 5.91 Å². The molecule has 0 saturated heterocycles. The molecule has 152 valence electrons. The maximum atomic E-state index is 12.8. The number of hydrogen-bond acceptors (Lipinski definition) is 6. The summed E-state index contributed by atoms with van der Waals surface area (Å²) >= 11 is 1.41. The highest BCUT2D eigenvalue weighted by molar-refractivity contribution is 7.20. The maximum absolute atomic E-state index is 12.8. The van der Waals surface area contributed by atoms with Crippen molar-refractivity contribution < 1.29 is 9.53 Å². The van der Waals surface area contributed by atoms with Gasteiger partial charge in [-0.2, -0.15) is 0 Å². The van der Waals surface area contributed by atoms with Gasteiger partial charge in [-0.3, -0.25) is 9.78 Å². The van der Waals surface area contributed by atoms with Gasteiger partial charge in [-0.25, -0.2) is 9.97 Å². The third-order valence-corrected chi connectivity index (χ3v) is 5.94. The van der Waals surface area contributed by atoms with Crippen molar-refractivity contribution in [2.24, 2.45) is 0 Å². The zero-order valence-corrected chi connectivity index (χ0v) is 17.9. The van der Waals surface area contributed by atoms with Crippen molar-refractivity contribution in [2.45, 2.75) is 33.9 Å². The van der Waals surface area contributed by atoms with Gasteiger partial charge in [0.05, 0.1) is 10.6 Å². The van der Waals surface area contributed by atoms with Crippen molar-refractivity contribution >= 4 is 27.5 Å². The van der Waals surface area contributed by atoms with Crippen LogP contribution in [0.1, 0.15) is 38.0 Å². The molecule has 0 atom stereocenters. The predicted molar refractivity (Wildman–Crippen MR) is 118 cm³/mol. The van der Waals surface area contributed by atoms with Gasteiger partial charge in [-0.05, 0) is 56.2 Å². The Bertz CT molecular complexity index is 1200. The fourth-order valence-electron chi connectivity index (χ4n) is 3.34. The number of hydrogen-bond donors (Lipinski definition) is 1. The summed E-state index contributed by atoms with van der Waals surface area (Å²) in [5.74, 6) is 1.36. The molecule has 1 amide bonds. The Labute approximate surface area is 179 Å². The van der Waals surface area contributed by atoms with Crippen LogP contribution in [-0.2, 0) is 13.2 Å². The number of pyridine rings is 1. The molecule has 30 heavy (non-hydrogen) atoms. The molecule has 4 rings (SSSR count). The Balaban J connectivity index is 1.43. The van der Waals surface area contributed by atoms with Crippen LogP contribution in [0.3, 0.4) is 0 Å². The van der Waals surface area contributed by atoms with Crippen LogP contribution in [0.5, 0.6) is 5.75 Å². The number of carbonyl (C=O) groups is 1. The monoisotopic (exact) mass is 418 g/mol. The van der Waals surface area contributed by atoms with Gasteiger partial charge in [-0.1, -0.05) is 18.2 Å². The average molecular weight is 419 g/mol. The summed E-state index contributed by atoms with van der Waals surface area (Å²) in [7, 11) is 0. The summed E-state index contributed by atoms with van der Waals surface area (Å²) in [4.78, 5) is 27.5. The summed E-state index contributed by atoms with van der Waals surface area (Å²) in [6.45, 7) is 6.58. The van der Waals surface area contributed by atoms with E-state index in [9.17, 15) is 4.79 Å². The molecule has 3 heterocycles. The fraction of sp³-hybridized carbons (Fsp3) is 0.217. The number of nitrogens with one attached hydrogen (secondary N) is 1. The van der Waals surface area contributed by atoms with Gasteiger partial charge in [-0.15, -0.1) is 11.3 Å². The van der Waals surface area contributed by atoms with Crippen LogP contribution >= 0.6 is 11.3 Å². The summed E-state index contributed by atoms with van der Waals surface area (Å²) in [6.07, 6.45) is 1.75. The number of carbonyl (C=O) groups excluding carboxylic acids is 1. The number of benzene rings is 1. The molecule has 4 aromatic rings. The molecule has 0 unspecified atom stereocenters. The second-order valence-electron chi connectivity index (χ2n) is 7.03. The lowest BCUT2D eigenvalue weighted by Crippen LogP contribution is -2.22. The highest BCUT2D eigenvalue weighted by Gasteiger charge is 2.18. The smallest absolute Gasteiger partial charge is 0.261 e. The van der Waals surface area contributed by atoms with Gasteiger partial charge < -0.3 is 10.1 Å². The Morgan fingerprint density at radius 1 is 1.10 bits per heavy atom. The number of ether oxygens (including phenoxy) is 1. The number of rotatable bonds is 6. The molecular formula is C23H22N4O2S. The molecule has 7 heteroatoms. The number of aromatic nitrogens is 3. The average Bonchev–Trinajstić information content (AvgIpc) is 3.08. The van der Waals surface area contributed by atoms with Gasteiger partial charge in [0.15, 0.2) is 0 Å². The first-order chi connectivity index (χ1) is 14.5. The Hall–Kier alpha value is -3.32. The standard InChI is InChI=1S/C23H22N4O2S/c1-14-20-15(2)26-16(3)27-23(20)30-21(14)22(28)25-12-17-7-6-9-19(11-17)29-13-18-8-4-5-10-24-18/h4-11H,12-13H2,1-3H3,(H,25,28). The molecule has 0 radical (unpaired) electrons. The van der Waals surface area contributed by atoms with E-state index >= 15 is 0 Å². The lowest BCUT2D eigenvalue weighted by Gasteiger charge is -2.09. The van der Waals surface area contributed by atoms with E-state index in [2.05, 4.69) is 20.3 Å². The summed E-state index contributed by atoms with van der Waals surface area (Å²) in [6, 6.07) is 13.4. The van der Waals surface area contributed by atoms with E-state index in [1.54, 1.807) is 6.20 Å². The first-order valence-electron chi connectivity index (χ1n) is 9.65. The Kier molecular flexibility index (Phi) is 5.72. The minimum Gasteiger partial charge on any atom is -0.487 e. The summed E-state index contributed by atoms with van der Waals surface area (Å²) in [5, 5.41) is 3.98. The third-order valence-electron chi connectivity index (χ3n) is 4.75. The highest BCUT2D eigenvalue weighted by atomic mass is 32.1. The molecule has 0 saturated carbocycles. The van der Waals surface area contributed by atoms with E-state index in [1.165, 1.54) is 11.3 Å². The lowest BCUT2D eigenvalue weighted by atomic mass is 10.1. The van der Waals surface area contributed by atoms with E-state index in [1.807, 2.05) is 63.2 Å². The van der Waals surface area contributed by atoms with Crippen LogP contribution in [0, 0.1) is 20.8 Å². The molecule has 0 aliphatic carbocycles. The predicted octanol–water partition coefficient (Wildman–Crippen LogP) is 4.52. The number of aryl methyl sites for hydroxylation is 3. The number of amides is 1. The molecule has 0 spiro atoms. The quantitative estimate of drug-likeness (QED) is 0.498. The SMILES string of the molecule is Cc1nc(C)c2c(C)c(C(=O)NCc3cccc(OCc4ccccn4)c3)sc2n1. The molecular weight excluding hydrogens is 396 g/mol. The molecule has 6 nitrogen and oxygen atoms in total. The van der Waals surface area contributed by atoms with Crippen LogP contribution in [0.15, 0.2) is 48.7 Å². The zero-order valence-electron chi connectivity index (χ0n) is 17.1. The molecule has 0 bridgehead atoms. The minimum absolute atomic E-state index is 0.104. The molecule has 1 N–H and O–H groups in total. The van der Waals surface area contributed by atoms with Crippen LogP contribution in [0.25, 0.3) is 10.2 Å². The first kappa shape index (κ1) is 20.0. The van der Waals surface area contributed by atoms with Crippen LogP contribution in [-0.4, -0.2) is 20.9 Å². The van der Waals surface area contributed by atoms with Crippen LogP contribution in [0.2, 0.25) is 0 Å². The lowest BCUT2D eigenvalue weighted by molar-refractivity contribution is 0.0954. The number of thiophene rings is 1. The summed E-state index contributed by atoms with van der Waals surface area (Å²) in [5.41, 5.74) is 3.66. The van der Waals surface area contributed by atoms with Gasteiger partial charge in [0.2, 0.25) is 0 Å². The van der Waals surface area contributed by atoms with E-state index < -0.39 is 0 Å². The van der Waals surface area contributed by atoms with Gasteiger partial charge >= 0.3 is 0 Å². The van der Waals surface area contributed by atoms with Gasteiger partial charge in [0.25, 0.3) is 5.91 Å². The molecule has 1 aromatic carbocycles. The highest BCUT2D eigenvalue weighted by Crippen LogP contribution is 2.31. The van der Waals surface area contributed by atoms with Gasteiger partial charge in [0.1, 0.15) is 23.0 Å². The largest absolute Gasteiger partial charge is 0.487 e. The molecule has 3 aromatic heterocycles. The third kappa shape index (κ3) is 4.31. The van der Waals surface area contributed by atoms with Crippen LogP contribution < -0.4 is 10.1 Å². The second kappa shape index (κ2) is 8.59. The van der Waals surface area contributed by atoms with Crippen molar-refractivity contribution in [3.8, 4) is 5.75 Å². The minimum atomic E-state index is -0.104. The first-order valence-corrected chi connectivity index (χ1v) is 10.5. The number of nitrogens with zero attached hydrogens (tertiary/aromatic N) is 3. The maximum Gasteiger partial charge on any atom is 0.261 e. The van der Waals surface area contributed by atoms with Crippen LogP contribution in [0.4, 0.5) is 0 Å². The van der Waals surface area contributed by atoms with Crippen molar-refractivity contribution in [3.63, 3.8) is 0 Å². The fourth-order valence-corrected chi connectivity index (χ4v) is 4.53. The van der Waals surface area contributed by atoms with E-state index in [0.717, 1.165) is 44.3 Å². The van der Waals surface area contributed by atoms with Crippen molar-refractivity contribution in [2.75, 3.05) is 0 Å². The van der Waals surface area contributed by atoms with Crippen molar-refractivity contribution in [1.29, 1.82) is 0 Å². The molecule has 0 fully saturated rings. The number of fused-ring (bicyclic) bond motifs is 1. The van der Waals surface area contributed by atoms with E-state index in [4.69, 9.17) is 4.74 Å². The second-order valence-corrected chi connectivity index (χ2v) is 8.03. The molecule has 0 aliphatic heterocycles. The summed E-state index contributed by atoms with van der Waals surface area (Å²) < 4.78 is 5.82. The molecule has 0 aliphatic rings. The van der Waals surface area contributed by atoms with E-state index in [0.29, 0.717) is 18.0 Å². The zero-order chi connectivity index (χ0) is 21.1. The Morgan fingerprint density at radius 3 is 2.77 bits per heavy atom. The van der Waals surface area contributed by atoms with Crippen molar-refractivity contribution in [1.82, 2.24) is 20.3 Å². The van der Waals surface area contributed by atoms with Gasteiger partial charge in [0, 0.05) is 23.8 Å².